The lowest BCUT2D eigenvalue weighted by Crippen LogP contribution is -2.23. The summed E-state index contributed by atoms with van der Waals surface area (Å²) in [6, 6.07) is 22.9. The number of carbonyl (C=O) groups excluding carboxylic acids is 1. The van der Waals surface area contributed by atoms with E-state index < -0.39 is 12.8 Å². The summed E-state index contributed by atoms with van der Waals surface area (Å²) in [5.41, 5.74) is 3.33. The van der Waals surface area contributed by atoms with Crippen LogP contribution in [0, 0.1) is 20.8 Å². The monoisotopic (exact) mass is 362 g/mol. The third-order valence-corrected chi connectivity index (χ3v) is 8.13. The third kappa shape index (κ3) is 3.18. The van der Waals surface area contributed by atoms with Crippen LogP contribution in [0.1, 0.15) is 27.9 Å². The van der Waals surface area contributed by atoms with E-state index in [-0.39, 0.29) is 0 Å². The Bertz CT molecular complexity index is 896. The molecular weight excluding hydrogens is 339 g/mol. The van der Waals surface area contributed by atoms with E-state index in [1.165, 1.54) is 0 Å². The van der Waals surface area contributed by atoms with Gasteiger partial charge < -0.3 is 9.36 Å². The summed E-state index contributed by atoms with van der Waals surface area (Å²) >= 11 is 0. The van der Waals surface area contributed by atoms with E-state index in [4.69, 9.17) is 0 Å². The van der Waals surface area contributed by atoms with Gasteiger partial charge in [0.15, 0.2) is 7.14 Å². The van der Waals surface area contributed by atoms with Crippen LogP contribution in [0.2, 0.25) is 0 Å². The normalized spacial score (nSPS) is 12.6. The van der Waals surface area contributed by atoms with Gasteiger partial charge in [0, 0.05) is 10.6 Å². The van der Waals surface area contributed by atoms with Crippen LogP contribution in [-0.4, -0.2) is 6.29 Å². The second kappa shape index (κ2) is 7.43. The molecular formula is C23H23O2P. The first kappa shape index (κ1) is 18.4. The molecule has 0 saturated carbocycles. The molecule has 3 aromatic rings. The van der Waals surface area contributed by atoms with Crippen molar-refractivity contribution in [2.75, 3.05) is 0 Å². The van der Waals surface area contributed by atoms with Crippen LogP contribution in [0.3, 0.4) is 0 Å². The highest BCUT2D eigenvalue weighted by molar-refractivity contribution is 7.79. The van der Waals surface area contributed by atoms with Crippen LogP contribution in [0.15, 0.2) is 72.8 Å². The maximum Gasteiger partial charge on any atom is 0.157 e. The van der Waals surface area contributed by atoms with Crippen molar-refractivity contribution in [2.24, 2.45) is 0 Å². The van der Waals surface area contributed by atoms with Gasteiger partial charge in [-0.2, -0.15) is 0 Å². The SMILES string of the molecule is Cc1cc(C)c(C(C=O)P(=O)(c2ccccc2)c2ccccc2)c(C)c1. The van der Waals surface area contributed by atoms with E-state index in [1.807, 2.05) is 81.4 Å². The lowest BCUT2D eigenvalue weighted by molar-refractivity contribution is -0.107. The lowest BCUT2D eigenvalue weighted by atomic mass is 9.97. The fourth-order valence-electron chi connectivity index (χ4n) is 3.76. The van der Waals surface area contributed by atoms with Crippen molar-refractivity contribution in [1.29, 1.82) is 0 Å². The number of aldehydes is 1. The van der Waals surface area contributed by atoms with Crippen LogP contribution in [0.5, 0.6) is 0 Å². The maximum absolute atomic E-state index is 14.5. The van der Waals surface area contributed by atoms with Crippen LogP contribution >= 0.6 is 7.14 Å². The molecule has 0 aliphatic carbocycles. The molecule has 0 radical (unpaired) electrons. The van der Waals surface area contributed by atoms with Gasteiger partial charge in [-0.3, -0.25) is 0 Å². The Morgan fingerprint density at radius 1 is 0.769 bits per heavy atom. The molecule has 132 valence electrons. The summed E-state index contributed by atoms with van der Waals surface area (Å²) in [7, 11) is -3.19. The molecule has 0 fully saturated rings. The van der Waals surface area contributed by atoms with Crippen LogP contribution < -0.4 is 10.6 Å². The Morgan fingerprint density at radius 3 is 1.58 bits per heavy atom. The predicted molar refractivity (Wildman–Crippen MR) is 109 cm³/mol. The van der Waals surface area contributed by atoms with Gasteiger partial charge in [-0.1, -0.05) is 78.4 Å². The van der Waals surface area contributed by atoms with Gasteiger partial charge in [-0.15, -0.1) is 0 Å². The topological polar surface area (TPSA) is 34.1 Å². The molecule has 0 aromatic heterocycles. The molecule has 0 aliphatic heterocycles. The highest BCUT2D eigenvalue weighted by Crippen LogP contribution is 2.57. The quantitative estimate of drug-likeness (QED) is 0.479. The van der Waals surface area contributed by atoms with Crippen molar-refractivity contribution in [3.05, 3.63) is 95.1 Å². The van der Waals surface area contributed by atoms with Crippen molar-refractivity contribution < 1.29 is 9.36 Å². The molecule has 0 spiro atoms. The number of carbonyl (C=O) groups is 1. The Kier molecular flexibility index (Phi) is 5.25. The minimum Gasteiger partial charge on any atom is -0.313 e. The largest absolute Gasteiger partial charge is 0.313 e. The summed E-state index contributed by atoms with van der Waals surface area (Å²) in [4.78, 5) is 12.3. The Morgan fingerprint density at radius 2 is 1.19 bits per heavy atom. The summed E-state index contributed by atoms with van der Waals surface area (Å²) in [6.07, 6.45) is 0.867. The fourth-order valence-corrected chi connectivity index (χ4v) is 6.88. The van der Waals surface area contributed by atoms with Gasteiger partial charge in [0.05, 0.1) is 0 Å². The standard InChI is InChI=1S/C23H23O2P/c1-17-14-18(2)23(19(3)15-17)22(16-24)26(25,20-10-6-4-7-11-20)21-12-8-5-9-13-21/h4-16,22H,1-3H3. The molecule has 0 heterocycles. The Labute approximate surface area is 155 Å². The number of hydrogen-bond donors (Lipinski definition) is 0. The predicted octanol–water partition coefficient (Wildman–Crippen LogP) is 4.87. The zero-order chi connectivity index (χ0) is 18.7. The van der Waals surface area contributed by atoms with Gasteiger partial charge in [-0.05, 0) is 37.5 Å². The van der Waals surface area contributed by atoms with E-state index in [0.717, 1.165) is 28.5 Å². The summed E-state index contributed by atoms with van der Waals surface area (Å²) < 4.78 is 14.5. The van der Waals surface area contributed by atoms with E-state index >= 15 is 0 Å². The van der Waals surface area contributed by atoms with Gasteiger partial charge in [0.1, 0.15) is 11.9 Å². The van der Waals surface area contributed by atoms with Crippen molar-refractivity contribution >= 4 is 24.0 Å². The first-order valence-corrected chi connectivity index (χ1v) is 10.5. The smallest absolute Gasteiger partial charge is 0.157 e. The first-order chi connectivity index (χ1) is 12.5. The van der Waals surface area contributed by atoms with Crippen LogP contribution in [-0.2, 0) is 9.36 Å². The molecule has 2 nitrogen and oxygen atoms in total. The van der Waals surface area contributed by atoms with Crippen LogP contribution in [0.25, 0.3) is 0 Å². The lowest BCUT2D eigenvalue weighted by Gasteiger charge is -2.28. The molecule has 0 aliphatic rings. The minimum absolute atomic E-state index is 0.701. The highest BCUT2D eigenvalue weighted by Gasteiger charge is 2.39. The number of benzene rings is 3. The molecule has 26 heavy (non-hydrogen) atoms. The average molecular weight is 362 g/mol. The van der Waals surface area contributed by atoms with Gasteiger partial charge in [0.2, 0.25) is 0 Å². The first-order valence-electron chi connectivity index (χ1n) is 8.72. The second-order valence-electron chi connectivity index (χ2n) is 6.72. The number of rotatable bonds is 5. The molecule has 0 amide bonds. The van der Waals surface area contributed by atoms with E-state index in [1.54, 1.807) is 0 Å². The molecule has 1 unspecified atom stereocenters. The highest BCUT2D eigenvalue weighted by atomic mass is 31.2. The average Bonchev–Trinajstić information content (AvgIpc) is 2.65. The van der Waals surface area contributed by atoms with Crippen molar-refractivity contribution in [3.63, 3.8) is 0 Å². The molecule has 0 N–H and O–H groups in total. The van der Waals surface area contributed by atoms with E-state index in [9.17, 15) is 9.36 Å². The van der Waals surface area contributed by atoms with Crippen LogP contribution in [0.4, 0.5) is 0 Å². The molecule has 0 saturated heterocycles. The Hall–Kier alpha value is -2.44. The number of hydrogen-bond acceptors (Lipinski definition) is 2. The summed E-state index contributed by atoms with van der Waals surface area (Å²) in [6.45, 7) is 6.02. The maximum atomic E-state index is 14.5. The van der Waals surface area contributed by atoms with E-state index in [2.05, 4.69) is 12.1 Å². The molecule has 3 aromatic carbocycles. The fraction of sp³-hybridized carbons (Fsp3) is 0.174. The Balaban J connectivity index is 2.32. The van der Waals surface area contributed by atoms with Gasteiger partial charge in [0.25, 0.3) is 0 Å². The van der Waals surface area contributed by atoms with Gasteiger partial charge in [-0.25, -0.2) is 0 Å². The summed E-state index contributed by atoms with van der Waals surface area (Å²) in [5.74, 6) is 0. The summed E-state index contributed by atoms with van der Waals surface area (Å²) in [5, 5.41) is 1.42. The van der Waals surface area contributed by atoms with Gasteiger partial charge >= 0.3 is 0 Å². The minimum atomic E-state index is -3.19. The molecule has 0 bridgehead atoms. The van der Waals surface area contributed by atoms with E-state index in [0.29, 0.717) is 10.6 Å². The second-order valence-corrected chi connectivity index (χ2v) is 9.63. The van der Waals surface area contributed by atoms with Crippen molar-refractivity contribution in [3.8, 4) is 0 Å². The molecule has 3 rings (SSSR count). The number of aryl methyl sites for hydroxylation is 3. The van der Waals surface area contributed by atoms with Crippen molar-refractivity contribution in [2.45, 2.75) is 26.4 Å². The molecule has 3 heteroatoms. The zero-order valence-electron chi connectivity index (χ0n) is 15.3. The molecule has 1 atom stereocenters. The zero-order valence-corrected chi connectivity index (χ0v) is 16.2. The third-order valence-electron chi connectivity index (χ3n) is 4.83. The van der Waals surface area contributed by atoms with Crippen molar-refractivity contribution in [1.82, 2.24) is 0 Å².